The van der Waals surface area contributed by atoms with Crippen molar-refractivity contribution in [3.8, 4) is 0 Å². The van der Waals surface area contributed by atoms with Gasteiger partial charge in [-0.25, -0.2) is 9.98 Å². The largest absolute Gasteiger partial charge is 0.443 e. The number of aliphatic imine (C=N–C) groups is 1. The molecule has 1 aromatic heterocycles. The Labute approximate surface area is 167 Å². The zero-order valence-corrected chi connectivity index (χ0v) is 17.6. The normalized spacial score (nSPS) is 19.0. The quantitative estimate of drug-likeness (QED) is 0.563. The highest BCUT2D eigenvalue weighted by atomic mass is 16.4. The summed E-state index contributed by atoms with van der Waals surface area (Å²) in [6.07, 6.45) is 4.05. The van der Waals surface area contributed by atoms with Crippen LogP contribution in [0.15, 0.2) is 15.6 Å². The van der Waals surface area contributed by atoms with Crippen molar-refractivity contribution in [2.75, 3.05) is 39.3 Å². The summed E-state index contributed by atoms with van der Waals surface area (Å²) in [5.74, 6) is 2.53. The van der Waals surface area contributed by atoms with Crippen molar-refractivity contribution in [3.63, 3.8) is 0 Å². The van der Waals surface area contributed by atoms with Gasteiger partial charge in [0.15, 0.2) is 5.96 Å². The summed E-state index contributed by atoms with van der Waals surface area (Å²) in [5, 5.41) is 6.42. The Kier molecular flexibility index (Phi) is 6.59. The van der Waals surface area contributed by atoms with E-state index in [1.54, 1.807) is 6.20 Å². The van der Waals surface area contributed by atoms with Gasteiger partial charge in [-0.15, -0.1) is 0 Å². The van der Waals surface area contributed by atoms with Crippen molar-refractivity contribution < 1.29 is 9.21 Å². The van der Waals surface area contributed by atoms with Gasteiger partial charge < -0.3 is 20.0 Å². The van der Waals surface area contributed by atoms with Crippen molar-refractivity contribution in [1.29, 1.82) is 0 Å². The molecule has 0 atom stereocenters. The molecule has 1 saturated carbocycles. The van der Waals surface area contributed by atoms with Crippen molar-refractivity contribution in [1.82, 2.24) is 25.4 Å². The van der Waals surface area contributed by atoms with E-state index in [4.69, 9.17) is 9.41 Å². The van der Waals surface area contributed by atoms with Crippen molar-refractivity contribution in [3.05, 3.63) is 17.8 Å². The standard InChI is InChI=1S/C20H34N6O2/c1-5-21-19(23-13-18-22-12-16(28-18)20(2,3)4)26-10-8-25(9-11-26)14-17(27)24-15-6-7-15/h12,15H,5-11,13-14H2,1-4H3,(H,21,23)(H,24,27). The number of piperazine rings is 1. The third-order valence-corrected chi connectivity index (χ3v) is 4.97. The Balaban J connectivity index is 1.51. The summed E-state index contributed by atoms with van der Waals surface area (Å²) < 4.78 is 5.84. The molecule has 0 unspecified atom stereocenters. The van der Waals surface area contributed by atoms with Gasteiger partial charge in [0, 0.05) is 44.2 Å². The molecule has 8 heteroatoms. The van der Waals surface area contributed by atoms with Gasteiger partial charge in [-0.05, 0) is 19.8 Å². The first kappa shape index (κ1) is 20.6. The monoisotopic (exact) mass is 390 g/mol. The van der Waals surface area contributed by atoms with Crippen molar-refractivity contribution >= 4 is 11.9 Å². The Bertz CT molecular complexity index is 681. The summed E-state index contributed by atoms with van der Waals surface area (Å²) >= 11 is 0. The lowest BCUT2D eigenvalue weighted by atomic mass is 9.94. The molecule has 1 saturated heterocycles. The molecule has 2 fully saturated rings. The maximum absolute atomic E-state index is 12.0. The number of aromatic nitrogens is 1. The molecule has 28 heavy (non-hydrogen) atoms. The van der Waals surface area contributed by atoms with E-state index < -0.39 is 0 Å². The van der Waals surface area contributed by atoms with Crippen LogP contribution in [0, 0.1) is 0 Å². The number of nitrogens with zero attached hydrogens (tertiary/aromatic N) is 4. The first-order valence-electron chi connectivity index (χ1n) is 10.4. The average Bonchev–Trinajstić information content (AvgIpc) is 3.31. The van der Waals surface area contributed by atoms with E-state index in [1.165, 1.54) is 0 Å². The van der Waals surface area contributed by atoms with Gasteiger partial charge in [-0.2, -0.15) is 0 Å². The van der Waals surface area contributed by atoms with Gasteiger partial charge in [0.2, 0.25) is 11.8 Å². The molecule has 1 amide bonds. The fraction of sp³-hybridized carbons (Fsp3) is 0.750. The minimum absolute atomic E-state index is 0.0540. The van der Waals surface area contributed by atoms with E-state index in [0.29, 0.717) is 25.0 Å². The first-order valence-corrected chi connectivity index (χ1v) is 10.4. The third-order valence-electron chi connectivity index (χ3n) is 4.97. The molecular formula is C20H34N6O2. The van der Waals surface area contributed by atoms with Crippen LogP contribution in [-0.4, -0.2) is 72.0 Å². The zero-order chi connectivity index (χ0) is 20.1. The number of amides is 1. The molecule has 2 aliphatic rings. The van der Waals surface area contributed by atoms with Crippen LogP contribution >= 0.6 is 0 Å². The Morgan fingerprint density at radius 3 is 2.57 bits per heavy atom. The maximum atomic E-state index is 12.0. The maximum Gasteiger partial charge on any atom is 0.234 e. The average molecular weight is 391 g/mol. The van der Waals surface area contributed by atoms with Crippen molar-refractivity contribution in [2.45, 2.75) is 58.5 Å². The first-order chi connectivity index (χ1) is 13.3. The lowest BCUT2D eigenvalue weighted by molar-refractivity contribution is -0.122. The smallest absolute Gasteiger partial charge is 0.234 e. The summed E-state index contributed by atoms with van der Waals surface area (Å²) in [5.41, 5.74) is -0.0540. The van der Waals surface area contributed by atoms with E-state index in [9.17, 15) is 4.79 Å². The fourth-order valence-electron chi connectivity index (χ4n) is 3.12. The SMILES string of the molecule is CCNC(=NCc1ncc(C(C)(C)C)o1)N1CCN(CC(=O)NC2CC2)CC1. The number of guanidine groups is 1. The van der Waals surface area contributed by atoms with Crippen LogP contribution < -0.4 is 10.6 Å². The van der Waals surface area contributed by atoms with Gasteiger partial charge in [0.05, 0.1) is 12.7 Å². The number of hydrogen-bond acceptors (Lipinski definition) is 5. The molecule has 1 aliphatic heterocycles. The zero-order valence-electron chi connectivity index (χ0n) is 17.6. The number of rotatable bonds is 6. The predicted molar refractivity (Wildman–Crippen MR) is 109 cm³/mol. The van der Waals surface area contributed by atoms with E-state index >= 15 is 0 Å². The van der Waals surface area contributed by atoms with Crippen LogP contribution in [0.25, 0.3) is 0 Å². The molecule has 8 nitrogen and oxygen atoms in total. The van der Waals surface area contributed by atoms with Gasteiger partial charge in [-0.3, -0.25) is 9.69 Å². The summed E-state index contributed by atoms with van der Waals surface area (Å²) in [6.45, 7) is 13.5. The lowest BCUT2D eigenvalue weighted by Gasteiger charge is -2.36. The molecular weight excluding hydrogens is 356 g/mol. The van der Waals surface area contributed by atoms with E-state index in [2.05, 4.69) is 53.1 Å². The Morgan fingerprint density at radius 1 is 1.29 bits per heavy atom. The molecule has 1 aliphatic carbocycles. The molecule has 0 aromatic carbocycles. The van der Waals surface area contributed by atoms with Crippen LogP contribution in [0.5, 0.6) is 0 Å². The Morgan fingerprint density at radius 2 is 2.00 bits per heavy atom. The van der Waals surface area contributed by atoms with Gasteiger partial charge in [0.25, 0.3) is 0 Å². The predicted octanol–water partition coefficient (Wildman–Crippen LogP) is 1.33. The minimum atomic E-state index is -0.0540. The third kappa shape index (κ3) is 5.95. The Hall–Kier alpha value is -2.09. The minimum Gasteiger partial charge on any atom is -0.443 e. The fourth-order valence-corrected chi connectivity index (χ4v) is 3.12. The second kappa shape index (κ2) is 8.94. The number of hydrogen-bond donors (Lipinski definition) is 2. The topological polar surface area (TPSA) is 86.0 Å². The molecule has 2 N–H and O–H groups in total. The van der Waals surface area contributed by atoms with E-state index in [0.717, 1.165) is 57.3 Å². The van der Waals surface area contributed by atoms with Crippen LogP contribution in [-0.2, 0) is 16.8 Å². The van der Waals surface area contributed by atoms with Crippen molar-refractivity contribution in [2.24, 2.45) is 4.99 Å². The number of carbonyl (C=O) groups is 1. The number of carbonyl (C=O) groups excluding carboxylic acids is 1. The molecule has 0 bridgehead atoms. The molecule has 0 radical (unpaired) electrons. The molecule has 0 spiro atoms. The molecule has 3 rings (SSSR count). The van der Waals surface area contributed by atoms with Gasteiger partial charge in [0.1, 0.15) is 12.3 Å². The summed E-state index contributed by atoms with van der Waals surface area (Å²) in [7, 11) is 0. The molecule has 156 valence electrons. The van der Waals surface area contributed by atoms with Crippen LogP contribution in [0.4, 0.5) is 0 Å². The lowest BCUT2D eigenvalue weighted by Crippen LogP contribution is -2.54. The molecule has 2 heterocycles. The van der Waals surface area contributed by atoms with Gasteiger partial charge in [-0.1, -0.05) is 20.8 Å². The highest BCUT2D eigenvalue weighted by Crippen LogP contribution is 2.23. The van der Waals surface area contributed by atoms with E-state index in [1.807, 2.05) is 0 Å². The molecule has 1 aromatic rings. The van der Waals surface area contributed by atoms with Crippen LogP contribution in [0.1, 0.15) is 52.2 Å². The second-order valence-corrected chi connectivity index (χ2v) is 8.64. The highest BCUT2D eigenvalue weighted by Gasteiger charge is 2.26. The number of oxazole rings is 1. The van der Waals surface area contributed by atoms with Gasteiger partial charge >= 0.3 is 0 Å². The van der Waals surface area contributed by atoms with Crippen LogP contribution in [0.2, 0.25) is 0 Å². The van der Waals surface area contributed by atoms with Crippen LogP contribution in [0.3, 0.4) is 0 Å². The summed E-state index contributed by atoms with van der Waals surface area (Å²) in [4.78, 5) is 25.5. The number of nitrogens with one attached hydrogen (secondary N) is 2. The van der Waals surface area contributed by atoms with E-state index in [-0.39, 0.29) is 11.3 Å². The second-order valence-electron chi connectivity index (χ2n) is 8.64. The highest BCUT2D eigenvalue weighted by molar-refractivity contribution is 5.80. The summed E-state index contributed by atoms with van der Waals surface area (Å²) in [6, 6.07) is 0.426.